The van der Waals surface area contributed by atoms with Crippen molar-refractivity contribution in [2.45, 2.75) is 6.42 Å². The molecule has 114 valence electrons. The Labute approximate surface area is 125 Å². The number of hydrogen-bond donors (Lipinski definition) is 1. The van der Waals surface area contributed by atoms with Crippen LogP contribution in [-0.2, 0) is 9.84 Å². The lowest BCUT2D eigenvalue weighted by atomic mass is 10.1. The summed E-state index contributed by atoms with van der Waals surface area (Å²) in [4.78, 5) is 25.7. The predicted octanol–water partition coefficient (Wildman–Crippen LogP) is 0.808. The van der Waals surface area contributed by atoms with Crippen LogP contribution in [0.4, 0.5) is 5.69 Å². The fraction of sp³-hybridized carbons (Fsp3) is 0.455. The normalized spacial score (nSPS) is 20.1. The number of rotatable bonds is 4. The van der Waals surface area contributed by atoms with Gasteiger partial charge in [-0.05, 0) is 18.4 Å². The third-order valence-corrected chi connectivity index (χ3v) is 5.21. The Morgan fingerprint density at radius 3 is 2.86 bits per heavy atom. The highest BCUT2D eigenvalue weighted by atomic mass is 35.5. The van der Waals surface area contributed by atoms with E-state index < -0.39 is 26.4 Å². The summed E-state index contributed by atoms with van der Waals surface area (Å²) < 4.78 is 22.6. The zero-order chi connectivity index (χ0) is 15.6. The summed E-state index contributed by atoms with van der Waals surface area (Å²) in [6, 6.07) is 1.11. The molecule has 0 radical (unpaired) electrons. The standard InChI is InChI=1S/C11H12ClN3O5S/c12-10-3-8(9(5-13-10)15(17)18)11(16)14-4-7-1-2-21(19,20)6-7/h3,5,7H,1-2,4,6H2,(H,14,16). The molecule has 1 aliphatic heterocycles. The van der Waals surface area contributed by atoms with Crippen LogP contribution in [0.15, 0.2) is 12.3 Å². The molecule has 2 heterocycles. The van der Waals surface area contributed by atoms with Gasteiger partial charge in [0.25, 0.3) is 11.6 Å². The Bertz CT molecular complexity index is 691. The van der Waals surface area contributed by atoms with E-state index in [9.17, 15) is 23.3 Å². The van der Waals surface area contributed by atoms with Gasteiger partial charge < -0.3 is 5.32 Å². The molecule has 0 spiro atoms. The number of pyridine rings is 1. The van der Waals surface area contributed by atoms with E-state index in [1.807, 2.05) is 0 Å². The number of carbonyl (C=O) groups excluding carboxylic acids is 1. The van der Waals surface area contributed by atoms with Crippen LogP contribution in [0.1, 0.15) is 16.8 Å². The molecule has 1 aromatic heterocycles. The van der Waals surface area contributed by atoms with Crippen LogP contribution < -0.4 is 5.32 Å². The van der Waals surface area contributed by atoms with Gasteiger partial charge in [-0.3, -0.25) is 14.9 Å². The van der Waals surface area contributed by atoms with Crippen molar-refractivity contribution in [2.75, 3.05) is 18.1 Å². The van der Waals surface area contributed by atoms with Crippen molar-refractivity contribution in [3.05, 3.63) is 33.1 Å². The monoisotopic (exact) mass is 333 g/mol. The van der Waals surface area contributed by atoms with Gasteiger partial charge in [0.05, 0.1) is 16.4 Å². The molecule has 0 aromatic carbocycles. The molecule has 8 nitrogen and oxygen atoms in total. The first-order valence-corrected chi connectivity index (χ1v) is 8.27. The Hall–Kier alpha value is -1.74. The van der Waals surface area contributed by atoms with Crippen molar-refractivity contribution in [3.63, 3.8) is 0 Å². The quantitative estimate of drug-likeness (QED) is 0.494. The first kappa shape index (κ1) is 15.6. The average Bonchev–Trinajstić information content (AvgIpc) is 2.75. The molecule has 1 unspecified atom stereocenters. The summed E-state index contributed by atoms with van der Waals surface area (Å²) in [5.74, 6) is -0.716. The highest BCUT2D eigenvalue weighted by molar-refractivity contribution is 7.91. The van der Waals surface area contributed by atoms with E-state index in [0.717, 1.165) is 12.3 Å². The lowest BCUT2D eigenvalue weighted by Crippen LogP contribution is -2.30. The first-order valence-electron chi connectivity index (χ1n) is 6.07. The van der Waals surface area contributed by atoms with Gasteiger partial charge in [-0.2, -0.15) is 0 Å². The summed E-state index contributed by atoms with van der Waals surface area (Å²) in [5, 5.41) is 13.3. The second-order valence-corrected chi connectivity index (χ2v) is 7.38. The Kier molecular flexibility index (Phi) is 4.43. The second kappa shape index (κ2) is 5.94. The minimum Gasteiger partial charge on any atom is -0.352 e. The zero-order valence-corrected chi connectivity index (χ0v) is 12.4. The third-order valence-electron chi connectivity index (χ3n) is 3.17. The summed E-state index contributed by atoms with van der Waals surface area (Å²) in [7, 11) is -3.03. The van der Waals surface area contributed by atoms with Crippen LogP contribution >= 0.6 is 11.6 Å². The van der Waals surface area contributed by atoms with Gasteiger partial charge in [-0.1, -0.05) is 11.6 Å². The van der Waals surface area contributed by atoms with Crippen LogP contribution in [-0.4, -0.2) is 42.3 Å². The van der Waals surface area contributed by atoms with Gasteiger partial charge in [-0.15, -0.1) is 0 Å². The number of amides is 1. The van der Waals surface area contributed by atoms with Crippen molar-refractivity contribution in [2.24, 2.45) is 5.92 Å². The smallest absolute Gasteiger partial charge is 0.300 e. The van der Waals surface area contributed by atoms with E-state index >= 15 is 0 Å². The molecule has 1 atom stereocenters. The molecular formula is C11H12ClN3O5S. The molecule has 10 heteroatoms. The Balaban J connectivity index is 2.07. The van der Waals surface area contributed by atoms with Crippen LogP contribution in [0.3, 0.4) is 0 Å². The molecule has 0 bridgehead atoms. The van der Waals surface area contributed by atoms with Gasteiger partial charge in [0, 0.05) is 6.54 Å². The van der Waals surface area contributed by atoms with Crippen molar-refractivity contribution in [1.82, 2.24) is 10.3 Å². The maximum absolute atomic E-state index is 12.0. The number of carbonyl (C=O) groups is 1. The van der Waals surface area contributed by atoms with E-state index in [4.69, 9.17) is 11.6 Å². The van der Waals surface area contributed by atoms with Gasteiger partial charge in [0.1, 0.15) is 16.9 Å². The SMILES string of the molecule is O=C(NCC1CCS(=O)(=O)C1)c1cc(Cl)ncc1[N+](=O)[O-]. The predicted molar refractivity (Wildman–Crippen MR) is 75.0 cm³/mol. The maximum Gasteiger partial charge on any atom is 0.300 e. The first-order chi connectivity index (χ1) is 9.78. The number of halogens is 1. The van der Waals surface area contributed by atoms with Gasteiger partial charge in [-0.25, -0.2) is 13.4 Å². The topological polar surface area (TPSA) is 119 Å². The van der Waals surface area contributed by atoms with Crippen molar-refractivity contribution >= 4 is 33.0 Å². The molecule has 0 saturated carbocycles. The van der Waals surface area contributed by atoms with Crippen LogP contribution in [0, 0.1) is 16.0 Å². The molecule has 0 aliphatic carbocycles. The molecule has 1 saturated heterocycles. The summed E-state index contributed by atoms with van der Waals surface area (Å²) >= 11 is 5.64. The number of sulfone groups is 1. The molecule has 1 fully saturated rings. The highest BCUT2D eigenvalue weighted by Gasteiger charge is 2.29. The van der Waals surface area contributed by atoms with E-state index in [-0.39, 0.29) is 34.7 Å². The Morgan fingerprint density at radius 1 is 1.57 bits per heavy atom. The molecule has 2 rings (SSSR count). The molecular weight excluding hydrogens is 322 g/mol. The number of nitrogens with zero attached hydrogens (tertiary/aromatic N) is 2. The van der Waals surface area contributed by atoms with Crippen LogP contribution in [0.25, 0.3) is 0 Å². The van der Waals surface area contributed by atoms with Gasteiger partial charge in [0.15, 0.2) is 9.84 Å². The average molecular weight is 334 g/mol. The van der Waals surface area contributed by atoms with Crippen molar-refractivity contribution < 1.29 is 18.1 Å². The number of hydrogen-bond acceptors (Lipinski definition) is 6. The van der Waals surface area contributed by atoms with E-state index in [1.165, 1.54) is 0 Å². The van der Waals surface area contributed by atoms with Crippen molar-refractivity contribution in [3.8, 4) is 0 Å². The lowest BCUT2D eigenvalue weighted by molar-refractivity contribution is -0.385. The van der Waals surface area contributed by atoms with Crippen LogP contribution in [0.5, 0.6) is 0 Å². The summed E-state index contributed by atoms with van der Waals surface area (Å²) in [6.45, 7) is 0.148. The maximum atomic E-state index is 12.0. The van der Waals surface area contributed by atoms with E-state index in [2.05, 4.69) is 10.3 Å². The lowest BCUT2D eigenvalue weighted by Gasteiger charge is -2.09. The van der Waals surface area contributed by atoms with Crippen molar-refractivity contribution in [1.29, 1.82) is 0 Å². The van der Waals surface area contributed by atoms with E-state index in [0.29, 0.717) is 6.42 Å². The number of aromatic nitrogens is 1. The summed E-state index contributed by atoms with van der Waals surface area (Å²) in [5.41, 5.74) is -0.642. The highest BCUT2D eigenvalue weighted by Crippen LogP contribution is 2.21. The third kappa shape index (κ3) is 3.88. The summed E-state index contributed by atoms with van der Waals surface area (Å²) in [6.07, 6.45) is 1.39. The molecule has 1 aliphatic rings. The molecule has 1 amide bonds. The van der Waals surface area contributed by atoms with Crippen LogP contribution in [0.2, 0.25) is 5.15 Å². The van der Waals surface area contributed by atoms with E-state index in [1.54, 1.807) is 0 Å². The molecule has 21 heavy (non-hydrogen) atoms. The minimum absolute atomic E-state index is 0.0203. The number of nitrogens with one attached hydrogen (secondary N) is 1. The minimum atomic E-state index is -3.03. The second-order valence-electron chi connectivity index (χ2n) is 4.76. The Morgan fingerprint density at radius 2 is 2.29 bits per heavy atom. The van der Waals surface area contributed by atoms with Gasteiger partial charge in [0.2, 0.25) is 0 Å². The largest absolute Gasteiger partial charge is 0.352 e. The zero-order valence-electron chi connectivity index (χ0n) is 10.8. The fourth-order valence-corrected chi connectivity index (χ4v) is 4.14. The molecule has 1 aromatic rings. The molecule has 1 N–H and O–H groups in total. The van der Waals surface area contributed by atoms with Gasteiger partial charge >= 0.3 is 0 Å². The fourth-order valence-electron chi connectivity index (χ4n) is 2.12. The number of nitro groups is 1.